The van der Waals surface area contributed by atoms with Gasteiger partial charge in [0.05, 0.1) is 6.10 Å². The van der Waals surface area contributed by atoms with Crippen LogP contribution in [0.5, 0.6) is 0 Å². The zero-order valence-electron chi connectivity index (χ0n) is 12.7. The number of aliphatic hydroxyl groups excluding tert-OH is 1. The summed E-state index contributed by atoms with van der Waals surface area (Å²) in [5.74, 6) is -0.144. The Labute approximate surface area is 125 Å². The molecule has 6 heteroatoms. The molecule has 0 aromatic rings. The second kappa shape index (κ2) is 5.57. The first-order chi connectivity index (χ1) is 10.1. The van der Waals surface area contributed by atoms with Crippen LogP contribution in [0.1, 0.15) is 32.1 Å². The van der Waals surface area contributed by atoms with Crippen molar-refractivity contribution in [1.29, 1.82) is 0 Å². The van der Waals surface area contributed by atoms with E-state index in [1.807, 2.05) is 4.90 Å². The number of rotatable bonds is 3. The van der Waals surface area contributed by atoms with Crippen molar-refractivity contribution in [1.82, 2.24) is 15.1 Å². The fraction of sp³-hybridized carbons (Fsp3) is 0.867. The highest BCUT2D eigenvalue weighted by Crippen LogP contribution is 2.47. The minimum Gasteiger partial charge on any atom is -0.391 e. The summed E-state index contributed by atoms with van der Waals surface area (Å²) in [4.78, 5) is 28.6. The molecule has 1 saturated heterocycles. The molecule has 1 heterocycles. The molecule has 2 amide bonds. The predicted molar refractivity (Wildman–Crippen MR) is 77.5 cm³/mol. The molecule has 118 valence electrons. The molecule has 6 nitrogen and oxygen atoms in total. The minimum atomic E-state index is -0.774. The van der Waals surface area contributed by atoms with Crippen LogP contribution in [-0.4, -0.2) is 72.1 Å². The summed E-state index contributed by atoms with van der Waals surface area (Å²) in [7, 11) is 1.59. The quantitative estimate of drug-likeness (QED) is 0.693. The van der Waals surface area contributed by atoms with Gasteiger partial charge in [0.2, 0.25) is 11.8 Å². The molecule has 2 N–H and O–H groups in total. The SMILES string of the molecule is CNC(=O)C1(C(=O)N2CCN([C@@H]3CCC[C@H]3O)CC2)CC1. The molecule has 21 heavy (non-hydrogen) atoms. The zero-order chi connectivity index (χ0) is 15.0. The van der Waals surface area contributed by atoms with E-state index in [1.54, 1.807) is 7.05 Å². The number of amides is 2. The molecule has 2 aliphatic carbocycles. The van der Waals surface area contributed by atoms with E-state index in [4.69, 9.17) is 0 Å². The van der Waals surface area contributed by atoms with Crippen LogP contribution >= 0.6 is 0 Å². The highest BCUT2D eigenvalue weighted by molar-refractivity contribution is 6.07. The van der Waals surface area contributed by atoms with Gasteiger partial charge in [0.15, 0.2) is 0 Å². The Hall–Kier alpha value is -1.14. The molecule has 1 aliphatic heterocycles. The number of piperazine rings is 1. The number of nitrogens with zero attached hydrogens (tertiary/aromatic N) is 2. The van der Waals surface area contributed by atoms with Crippen LogP contribution in [0.4, 0.5) is 0 Å². The molecule has 0 aromatic carbocycles. The number of carbonyl (C=O) groups excluding carboxylic acids is 2. The molecule has 0 unspecified atom stereocenters. The fourth-order valence-electron chi connectivity index (χ4n) is 3.81. The Balaban J connectivity index is 1.56. The summed E-state index contributed by atoms with van der Waals surface area (Å²) in [5, 5.41) is 12.6. The molecule has 0 bridgehead atoms. The van der Waals surface area contributed by atoms with Crippen LogP contribution in [-0.2, 0) is 9.59 Å². The molecular formula is C15H25N3O3. The Morgan fingerprint density at radius 1 is 1.14 bits per heavy atom. The maximum Gasteiger partial charge on any atom is 0.238 e. The summed E-state index contributed by atoms with van der Waals surface area (Å²) in [6.45, 7) is 2.94. The van der Waals surface area contributed by atoms with Gasteiger partial charge in [-0.25, -0.2) is 0 Å². The van der Waals surface area contributed by atoms with Gasteiger partial charge < -0.3 is 15.3 Å². The van der Waals surface area contributed by atoms with Gasteiger partial charge in [-0.1, -0.05) is 0 Å². The number of hydrogen-bond donors (Lipinski definition) is 2. The predicted octanol–water partition coefficient (Wildman–Crippen LogP) is -0.430. The third-order valence-corrected chi connectivity index (χ3v) is 5.34. The maximum atomic E-state index is 12.6. The van der Waals surface area contributed by atoms with E-state index in [0.29, 0.717) is 25.9 Å². The smallest absolute Gasteiger partial charge is 0.238 e. The Kier molecular flexibility index (Phi) is 3.92. The van der Waals surface area contributed by atoms with Gasteiger partial charge >= 0.3 is 0 Å². The van der Waals surface area contributed by atoms with Gasteiger partial charge in [-0.15, -0.1) is 0 Å². The zero-order valence-corrected chi connectivity index (χ0v) is 12.7. The fourth-order valence-corrected chi connectivity index (χ4v) is 3.81. The number of nitrogens with one attached hydrogen (secondary N) is 1. The van der Waals surface area contributed by atoms with Crippen molar-refractivity contribution in [3.63, 3.8) is 0 Å². The minimum absolute atomic E-state index is 0.00605. The van der Waals surface area contributed by atoms with Crippen molar-refractivity contribution >= 4 is 11.8 Å². The number of carbonyl (C=O) groups is 2. The standard InChI is InChI=1S/C15H25N3O3/c1-16-13(20)15(5-6-15)14(21)18-9-7-17(8-10-18)11-3-2-4-12(11)19/h11-12,19H,2-10H2,1H3,(H,16,20)/t11-,12-/m1/s1. The summed E-state index contributed by atoms with van der Waals surface area (Å²) in [6, 6.07) is 0.260. The lowest BCUT2D eigenvalue weighted by Crippen LogP contribution is -2.56. The Bertz CT molecular complexity index is 428. The van der Waals surface area contributed by atoms with Crippen molar-refractivity contribution in [3.05, 3.63) is 0 Å². The van der Waals surface area contributed by atoms with E-state index in [-0.39, 0.29) is 24.0 Å². The number of aliphatic hydroxyl groups is 1. The lowest BCUT2D eigenvalue weighted by molar-refractivity contribution is -0.145. The lowest BCUT2D eigenvalue weighted by Gasteiger charge is -2.40. The van der Waals surface area contributed by atoms with E-state index in [2.05, 4.69) is 10.2 Å². The normalized spacial score (nSPS) is 32.0. The molecule has 0 aromatic heterocycles. The molecule has 0 spiro atoms. The Morgan fingerprint density at radius 3 is 2.29 bits per heavy atom. The van der Waals surface area contributed by atoms with Crippen molar-refractivity contribution in [3.8, 4) is 0 Å². The second-order valence-corrected chi connectivity index (χ2v) is 6.55. The first-order valence-electron chi connectivity index (χ1n) is 8.02. The van der Waals surface area contributed by atoms with Crippen LogP contribution in [0.2, 0.25) is 0 Å². The third-order valence-electron chi connectivity index (χ3n) is 5.34. The van der Waals surface area contributed by atoms with Gasteiger partial charge in [0.1, 0.15) is 5.41 Å². The molecule has 3 rings (SSSR count). The van der Waals surface area contributed by atoms with E-state index < -0.39 is 5.41 Å². The topological polar surface area (TPSA) is 72.9 Å². The van der Waals surface area contributed by atoms with Gasteiger partial charge in [0, 0.05) is 39.3 Å². The van der Waals surface area contributed by atoms with Crippen molar-refractivity contribution < 1.29 is 14.7 Å². The monoisotopic (exact) mass is 295 g/mol. The molecule has 2 saturated carbocycles. The first kappa shape index (κ1) is 14.8. The summed E-state index contributed by atoms with van der Waals surface area (Å²) >= 11 is 0. The highest BCUT2D eigenvalue weighted by atomic mass is 16.3. The van der Waals surface area contributed by atoms with Gasteiger partial charge in [-0.05, 0) is 32.1 Å². The summed E-state index contributed by atoms with van der Waals surface area (Å²) in [5.41, 5.74) is -0.774. The van der Waals surface area contributed by atoms with Crippen molar-refractivity contribution in [2.45, 2.75) is 44.2 Å². The molecular weight excluding hydrogens is 270 g/mol. The summed E-state index contributed by atoms with van der Waals surface area (Å²) < 4.78 is 0. The average Bonchev–Trinajstić information content (AvgIpc) is 3.22. The van der Waals surface area contributed by atoms with Crippen LogP contribution in [0.3, 0.4) is 0 Å². The Morgan fingerprint density at radius 2 is 1.81 bits per heavy atom. The van der Waals surface area contributed by atoms with E-state index >= 15 is 0 Å². The van der Waals surface area contributed by atoms with Gasteiger partial charge in [-0.3, -0.25) is 14.5 Å². The van der Waals surface area contributed by atoms with E-state index in [9.17, 15) is 14.7 Å². The van der Waals surface area contributed by atoms with Gasteiger partial charge in [0.25, 0.3) is 0 Å². The van der Waals surface area contributed by atoms with Crippen LogP contribution in [0.25, 0.3) is 0 Å². The third kappa shape index (κ3) is 2.55. The van der Waals surface area contributed by atoms with Gasteiger partial charge in [-0.2, -0.15) is 0 Å². The van der Waals surface area contributed by atoms with E-state index in [0.717, 1.165) is 32.4 Å². The molecule has 0 radical (unpaired) electrons. The van der Waals surface area contributed by atoms with Crippen molar-refractivity contribution in [2.24, 2.45) is 5.41 Å². The molecule has 2 atom stereocenters. The molecule has 3 fully saturated rings. The number of hydrogen-bond acceptors (Lipinski definition) is 4. The highest BCUT2D eigenvalue weighted by Gasteiger charge is 2.57. The summed E-state index contributed by atoms with van der Waals surface area (Å²) in [6.07, 6.45) is 4.17. The maximum absolute atomic E-state index is 12.6. The van der Waals surface area contributed by atoms with Crippen LogP contribution < -0.4 is 5.32 Å². The first-order valence-corrected chi connectivity index (χ1v) is 8.02. The van der Waals surface area contributed by atoms with Crippen LogP contribution in [0, 0.1) is 5.41 Å². The largest absolute Gasteiger partial charge is 0.391 e. The average molecular weight is 295 g/mol. The molecule has 3 aliphatic rings. The lowest BCUT2D eigenvalue weighted by atomic mass is 10.0. The second-order valence-electron chi connectivity index (χ2n) is 6.55. The van der Waals surface area contributed by atoms with Crippen molar-refractivity contribution in [2.75, 3.05) is 33.2 Å². The van der Waals surface area contributed by atoms with Crippen LogP contribution in [0.15, 0.2) is 0 Å². The van der Waals surface area contributed by atoms with E-state index in [1.165, 1.54) is 0 Å².